The number of imide groups is 1. The van der Waals surface area contributed by atoms with E-state index in [1.807, 2.05) is 29.2 Å². The predicted molar refractivity (Wildman–Crippen MR) is 184 cm³/mol. The number of hydrogen-bond donors (Lipinski definition) is 4. The van der Waals surface area contributed by atoms with Crippen LogP contribution in [0, 0.1) is 5.82 Å². The molecule has 4 N–H and O–H groups in total. The first-order valence-electron chi connectivity index (χ1n) is 16.4. The number of phenols is 1. The number of benzene rings is 4. The first-order valence-corrected chi connectivity index (χ1v) is 17.9. The average Bonchev–Trinajstić information content (AvgIpc) is 3.52. The van der Waals surface area contributed by atoms with Gasteiger partial charge in [-0.1, -0.05) is 18.2 Å². The Kier molecular flexibility index (Phi) is 7.68. The van der Waals surface area contributed by atoms with Crippen molar-refractivity contribution in [2.24, 2.45) is 0 Å². The van der Waals surface area contributed by atoms with Gasteiger partial charge in [0.15, 0.2) is 5.82 Å². The van der Waals surface area contributed by atoms with Gasteiger partial charge in [0.1, 0.15) is 24.0 Å². The topological polar surface area (TPSA) is 186 Å². The number of phenolic OH excluding ortho intramolecular Hbond substituents is 1. The number of halogens is 1. The molecule has 51 heavy (non-hydrogen) atoms. The minimum Gasteiger partial charge on any atom is -0.506 e. The SMILES string of the molecule is O=C1CCC(N2C(=O)c3cccc4c(C5CCN(CC(=O)Nc6ccc7c(F)c(N8CC(=O)NS8(=O)=O)c(O)cc7c6)CC5)ccc2c34)C(=O)N1. The number of fused-ring (bicyclic) bond motifs is 1. The minimum absolute atomic E-state index is 0.00601. The van der Waals surface area contributed by atoms with Gasteiger partial charge in [-0.15, -0.1) is 0 Å². The molecule has 0 aromatic heterocycles. The van der Waals surface area contributed by atoms with Crippen LogP contribution in [0.4, 0.5) is 21.5 Å². The summed E-state index contributed by atoms with van der Waals surface area (Å²) < 4.78 is 42.1. The molecule has 3 saturated heterocycles. The van der Waals surface area contributed by atoms with Gasteiger partial charge in [0.2, 0.25) is 17.7 Å². The Labute approximate surface area is 290 Å². The summed E-state index contributed by atoms with van der Waals surface area (Å²) in [7, 11) is -4.35. The number of rotatable bonds is 6. The number of piperidine rings is 2. The van der Waals surface area contributed by atoms with Crippen LogP contribution >= 0.6 is 0 Å². The molecule has 0 spiro atoms. The van der Waals surface area contributed by atoms with Gasteiger partial charge in [-0.3, -0.25) is 39.1 Å². The van der Waals surface area contributed by atoms with Gasteiger partial charge in [0, 0.05) is 28.4 Å². The molecule has 262 valence electrons. The number of nitrogens with zero attached hydrogens (tertiary/aromatic N) is 3. The lowest BCUT2D eigenvalue weighted by Gasteiger charge is -2.33. The molecule has 4 heterocycles. The Balaban J connectivity index is 0.936. The monoisotopic (exact) mass is 714 g/mol. The van der Waals surface area contributed by atoms with Gasteiger partial charge < -0.3 is 10.4 Å². The van der Waals surface area contributed by atoms with Gasteiger partial charge in [-0.25, -0.2) is 13.4 Å². The second-order valence-corrected chi connectivity index (χ2v) is 14.8. The number of carbonyl (C=O) groups excluding carboxylic acids is 5. The van der Waals surface area contributed by atoms with E-state index in [0.29, 0.717) is 34.3 Å². The summed E-state index contributed by atoms with van der Waals surface area (Å²) in [6.45, 7) is 0.716. The molecule has 5 amide bonds. The molecule has 1 unspecified atom stereocenters. The number of anilines is 3. The number of likely N-dealkylation sites (tertiary alicyclic amines) is 1. The summed E-state index contributed by atoms with van der Waals surface area (Å²) in [5.41, 5.74) is 2.01. The maximum absolute atomic E-state index is 15.4. The zero-order valence-corrected chi connectivity index (χ0v) is 27.8. The van der Waals surface area contributed by atoms with Gasteiger partial charge in [-0.2, -0.15) is 8.42 Å². The van der Waals surface area contributed by atoms with Crippen molar-refractivity contribution >= 4 is 78.4 Å². The smallest absolute Gasteiger partial charge is 0.326 e. The van der Waals surface area contributed by atoms with Crippen LogP contribution in [0.1, 0.15) is 47.5 Å². The highest BCUT2D eigenvalue weighted by molar-refractivity contribution is 7.92. The molecule has 16 heteroatoms. The van der Waals surface area contributed by atoms with E-state index in [-0.39, 0.29) is 53.8 Å². The number of aromatic hydroxyl groups is 1. The van der Waals surface area contributed by atoms with Crippen LogP contribution < -0.4 is 24.6 Å². The summed E-state index contributed by atoms with van der Waals surface area (Å²) >= 11 is 0. The fourth-order valence-electron chi connectivity index (χ4n) is 7.73. The summed E-state index contributed by atoms with van der Waals surface area (Å²) in [6.07, 6.45) is 1.96. The summed E-state index contributed by atoms with van der Waals surface area (Å²) in [5, 5.41) is 17.6. The number of nitrogens with one attached hydrogen (secondary N) is 3. The van der Waals surface area contributed by atoms with E-state index in [2.05, 4.69) is 10.6 Å². The van der Waals surface area contributed by atoms with Crippen LogP contribution in [0.2, 0.25) is 0 Å². The number of carbonyl (C=O) groups is 5. The third-order valence-corrected chi connectivity index (χ3v) is 11.4. The van der Waals surface area contributed by atoms with Crippen molar-refractivity contribution in [1.29, 1.82) is 0 Å². The molecule has 4 aliphatic rings. The van der Waals surface area contributed by atoms with E-state index in [1.165, 1.54) is 29.2 Å². The molecule has 4 aromatic carbocycles. The second-order valence-electron chi connectivity index (χ2n) is 13.2. The van der Waals surface area contributed by atoms with Crippen molar-refractivity contribution in [2.45, 2.75) is 37.6 Å². The lowest BCUT2D eigenvalue weighted by Crippen LogP contribution is -2.53. The van der Waals surface area contributed by atoms with Crippen LogP contribution in [-0.4, -0.2) is 80.2 Å². The highest BCUT2D eigenvalue weighted by atomic mass is 32.2. The zero-order chi connectivity index (χ0) is 35.8. The quantitative estimate of drug-likeness (QED) is 0.218. The first kappa shape index (κ1) is 32.6. The predicted octanol–water partition coefficient (Wildman–Crippen LogP) is 2.60. The second kappa shape index (κ2) is 12.0. The standard InChI is InChI=1S/C35H31FN6O8S/c36-32-22-5-4-20(14-19(22)15-27(43)33(32)41-17-30(46)39-51(41,49)50)37-29(45)16-40-12-10-18(11-13-40)21-6-7-25-31-23(21)2-1-3-24(31)35(48)42(25)26-8-9-28(44)38-34(26)47/h1-7,14-15,18,26,43H,8-13,16-17H2,(H,37,45)(H,39,46)(H,38,44,47). The number of amides is 5. The maximum Gasteiger partial charge on any atom is 0.326 e. The molecule has 1 atom stereocenters. The molecule has 3 fully saturated rings. The fraction of sp³-hybridized carbons (Fsp3) is 0.286. The molecule has 4 aliphatic heterocycles. The van der Waals surface area contributed by atoms with Crippen LogP contribution in [-0.2, 0) is 29.4 Å². The molecule has 0 bridgehead atoms. The minimum atomic E-state index is -4.35. The third kappa shape index (κ3) is 5.50. The molecule has 8 rings (SSSR count). The Morgan fingerprint density at radius 3 is 2.47 bits per heavy atom. The Hall–Kier alpha value is -5.61. The van der Waals surface area contributed by atoms with Crippen molar-refractivity contribution in [2.75, 3.05) is 40.7 Å². The van der Waals surface area contributed by atoms with E-state index >= 15 is 4.39 Å². The van der Waals surface area contributed by atoms with Gasteiger partial charge >= 0.3 is 10.2 Å². The molecule has 0 saturated carbocycles. The lowest BCUT2D eigenvalue weighted by molar-refractivity contribution is -0.134. The van der Waals surface area contributed by atoms with E-state index < -0.39 is 51.9 Å². The van der Waals surface area contributed by atoms with E-state index in [9.17, 15) is 37.5 Å². The van der Waals surface area contributed by atoms with E-state index in [1.54, 1.807) is 10.8 Å². The first-order chi connectivity index (χ1) is 24.4. The van der Waals surface area contributed by atoms with Crippen molar-refractivity contribution in [3.8, 4) is 5.75 Å². The molecular weight excluding hydrogens is 683 g/mol. The van der Waals surface area contributed by atoms with Gasteiger partial charge in [0.05, 0.1) is 12.2 Å². The summed E-state index contributed by atoms with van der Waals surface area (Å²) in [4.78, 5) is 66.2. The van der Waals surface area contributed by atoms with Crippen LogP contribution in [0.25, 0.3) is 21.5 Å². The zero-order valence-electron chi connectivity index (χ0n) is 26.9. The molecule has 0 radical (unpaired) electrons. The van der Waals surface area contributed by atoms with Gasteiger partial charge in [0.25, 0.3) is 11.8 Å². The van der Waals surface area contributed by atoms with E-state index in [4.69, 9.17) is 0 Å². The van der Waals surface area contributed by atoms with Crippen molar-refractivity contribution in [3.05, 3.63) is 71.5 Å². The molecule has 0 aliphatic carbocycles. The van der Waals surface area contributed by atoms with Crippen molar-refractivity contribution in [1.82, 2.24) is 14.9 Å². The summed E-state index contributed by atoms with van der Waals surface area (Å²) in [6, 6.07) is 14.2. The van der Waals surface area contributed by atoms with Gasteiger partial charge in [-0.05, 0) is 91.0 Å². The van der Waals surface area contributed by atoms with Crippen molar-refractivity contribution < 1.29 is 41.9 Å². The fourth-order valence-corrected chi connectivity index (χ4v) is 8.89. The van der Waals surface area contributed by atoms with Crippen LogP contribution in [0.5, 0.6) is 5.75 Å². The van der Waals surface area contributed by atoms with E-state index in [0.717, 1.165) is 29.2 Å². The normalized spacial score (nSPS) is 20.7. The Bertz CT molecular complexity index is 2340. The third-order valence-electron chi connectivity index (χ3n) is 10.1. The average molecular weight is 715 g/mol. The molecular formula is C35H31FN6O8S. The molecule has 4 aromatic rings. The maximum atomic E-state index is 15.4. The lowest BCUT2D eigenvalue weighted by atomic mass is 9.85. The number of hydrogen-bond acceptors (Lipinski definition) is 9. The largest absolute Gasteiger partial charge is 0.506 e. The highest BCUT2D eigenvalue weighted by Gasteiger charge is 2.41. The van der Waals surface area contributed by atoms with Crippen LogP contribution in [0.15, 0.2) is 54.6 Å². The Morgan fingerprint density at radius 1 is 0.961 bits per heavy atom. The highest BCUT2D eigenvalue weighted by Crippen LogP contribution is 2.44. The Morgan fingerprint density at radius 2 is 1.75 bits per heavy atom. The molecule has 14 nitrogen and oxygen atoms in total. The van der Waals surface area contributed by atoms with Crippen molar-refractivity contribution in [3.63, 3.8) is 0 Å². The summed E-state index contributed by atoms with van der Waals surface area (Å²) in [5.74, 6) is -3.74. The van der Waals surface area contributed by atoms with Crippen LogP contribution in [0.3, 0.4) is 0 Å².